The van der Waals surface area contributed by atoms with Crippen molar-refractivity contribution < 1.29 is 14.2 Å². The highest BCUT2D eigenvalue weighted by molar-refractivity contribution is 7.80. The van der Waals surface area contributed by atoms with Crippen molar-refractivity contribution in [3.63, 3.8) is 0 Å². The molecule has 0 unspecified atom stereocenters. The molecule has 6 heteroatoms. The predicted octanol–water partition coefficient (Wildman–Crippen LogP) is 4.86. The minimum Gasteiger partial charge on any atom is -0.494 e. The number of thiocarbonyl (C=S) groups is 1. The molecule has 3 rings (SSSR count). The summed E-state index contributed by atoms with van der Waals surface area (Å²) in [4.78, 5) is 0. The Morgan fingerprint density at radius 3 is 2.29 bits per heavy atom. The maximum atomic E-state index is 5.63. The van der Waals surface area contributed by atoms with Gasteiger partial charge in [-0.15, -0.1) is 0 Å². The van der Waals surface area contributed by atoms with E-state index >= 15 is 0 Å². The number of ether oxygens (including phenoxy) is 3. The fourth-order valence-corrected chi connectivity index (χ4v) is 4.11. The van der Waals surface area contributed by atoms with E-state index in [0.29, 0.717) is 23.2 Å². The molecule has 1 fully saturated rings. The molecule has 0 spiro atoms. The lowest BCUT2D eigenvalue weighted by Crippen LogP contribution is -2.45. The Bertz CT molecular complexity index is 802. The number of benzene rings is 2. The van der Waals surface area contributed by atoms with Crippen molar-refractivity contribution in [2.45, 2.75) is 38.1 Å². The molecule has 28 heavy (non-hydrogen) atoms. The first-order valence-electron chi connectivity index (χ1n) is 9.65. The van der Waals surface area contributed by atoms with Crippen LogP contribution in [0.5, 0.6) is 17.2 Å². The first-order chi connectivity index (χ1) is 13.6. The molecule has 5 nitrogen and oxygen atoms in total. The molecule has 1 aliphatic carbocycles. The van der Waals surface area contributed by atoms with Crippen LogP contribution in [-0.2, 0) is 5.54 Å². The van der Waals surface area contributed by atoms with Gasteiger partial charge in [0.25, 0.3) is 0 Å². The summed E-state index contributed by atoms with van der Waals surface area (Å²) in [6, 6.07) is 14.0. The summed E-state index contributed by atoms with van der Waals surface area (Å²) < 4.78 is 16.2. The largest absolute Gasteiger partial charge is 0.494 e. The number of hydrogen-bond acceptors (Lipinski definition) is 4. The van der Waals surface area contributed by atoms with Crippen LogP contribution in [-0.4, -0.2) is 25.9 Å². The Morgan fingerprint density at radius 2 is 1.68 bits per heavy atom. The van der Waals surface area contributed by atoms with Gasteiger partial charge in [-0.1, -0.05) is 25.0 Å². The van der Waals surface area contributed by atoms with Crippen LogP contribution in [0.4, 0.5) is 5.69 Å². The lowest BCUT2D eigenvalue weighted by molar-refractivity contribution is 0.339. The smallest absolute Gasteiger partial charge is 0.171 e. The van der Waals surface area contributed by atoms with E-state index in [1.165, 1.54) is 18.4 Å². The minimum absolute atomic E-state index is 0.147. The van der Waals surface area contributed by atoms with Crippen LogP contribution in [0.1, 0.15) is 38.2 Å². The van der Waals surface area contributed by atoms with Crippen molar-refractivity contribution in [2.24, 2.45) is 0 Å². The van der Waals surface area contributed by atoms with Crippen molar-refractivity contribution in [3.8, 4) is 17.2 Å². The van der Waals surface area contributed by atoms with Crippen molar-refractivity contribution in [1.82, 2.24) is 5.32 Å². The van der Waals surface area contributed by atoms with Gasteiger partial charge in [0.2, 0.25) is 0 Å². The molecule has 2 N–H and O–H groups in total. The second-order valence-electron chi connectivity index (χ2n) is 6.90. The molecule has 150 valence electrons. The fraction of sp³-hybridized carbons (Fsp3) is 0.409. The van der Waals surface area contributed by atoms with Crippen LogP contribution in [0.2, 0.25) is 0 Å². The van der Waals surface area contributed by atoms with Crippen LogP contribution >= 0.6 is 12.2 Å². The first kappa shape index (κ1) is 20.3. The minimum atomic E-state index is -0.147. The molecule has 2 aromatic carbocycles. The molecular formula is C22H28N2O3S. The average molecular weight is 401 g/mol. The molecule has 2 aromatic rings. The van der Waals surface area contributed by atoms with Gasteiger partial charge in [-0.25, -0.2) is 0 Å². The molecule has 0 bridgehead atoms. The second kappa shape index (κ2) is 9.15. The van der Waals surface area contributed by atoms with Crippen molar-refractivity contribution >= 4 is 23.0 Å². The fourth-order valence-electron chi connectivity index (χ4n) is 3.79. The Labute approximate surface area is 172 Å². The molecule has 0 saturated heterocycles. The molecule has 0 atom stereocenters. The SMILES string of the molecule is CCOc1ccc(C2(NC(=S)Nc3ccc(OC)c(OC)c3)CCCC2)cc1. The van der Waals surface area contributed by atoms with Gasteiger partial charge < -0.3 is 24.8 Å². The zero-order chi connectivity index (χ0) is 20.0. The van der Waals surface area contributed by atoms with E-state index in [-0.39, 0.29) is 5.54 Å². The van der Waals surface area contributed by atoms with Crippen LogP contribution in [0.3, 0.4) is 0 Å². The van der Waals surface area contributed by atoms with E-state index in [0.717, 1.165) is 24.3 Å². The molecule has 0 aliphatic heterocycles. The van der Waals surface area contributed by atoms with Crippen molar-refractivity contribution in [3.05, 3.63) is 48.0 Å². The number of nitrogens with one attached hydrogen (secondary N) is 2. The van der Waals surface area contributed by atoms with E-state index in [1.807, 2.05) is 37.3 Å². The number of anilines is 1. The van der Waals surface area contributed by atoms with Crippen molar-refractivity contribution in [2.75, 3.05) is 26.1 Å². The molecule has 0 heterocycles. The van der Waals surface area contributed by atoms with Gasteiger partial charge in [-0.2, -0.15) is 0 Å². The van der Waals surface area contributed by atoms with E-state index in [1.54, 1.807) is 14.2 Å². The molecular weight excluding hydrogens is 372 g/mol. The molecule has 0 amide bonds. The van der Waals surface area contributed by atoms with Crippen LogP contribution in [0.15, 0.2) is 42.5 Å². The highest BCUT2D eigenvalue weighted by atomic mass is 32.1. The maximum absolute atomic E-state index is 5.63. The van der Waals surface area contributed by atoms with Gasteiger partial charge in [0.15, 0.2) is 16.6 Å². The number of methoxy groups -OCH3 is 2. The third-order valence-corrected chi connectivity index (χ3v) is 5.37. The van der Waals surface area contributed by atoms with Gasteiger partial charge >= 0.3 is 0 Å². The maximum Gasteiger partial charge on any atom is 0.171 e. The van der Waals surface area contributed by atoms with E-state index in [9.17, 15) is 0 Å². The van der Waals surface area contributed by atoms with Gasteiger partial charge in [0.1, 0.15) is 5.75 Å². The molecule has 1 saturated carbocycles. The topological polar surface area (TPSA) is 51.8 Å². The summed E-state index contributed by atoms with van der Waals surface area (Å²) in [5.74, 6) is 2.25. The first-order valence-corrected chi connectivity index (χ1v) is 10.1. The van der Waals surface area contributed by atoms with Crippen LogP contribution in [0.25, 0.3) is 0 Å². The van der Waals surface area contributed by atoms with Crippen LogP contribution in [0, 0.1) is 0 Å². The molecule has 1 aliphatic rings. The van der Waals surface area contributed by atoms with E-state index in [2.05, 4.69) is 22.8 Å². The summed E-state index contributed by atoms with van der Waals surface area (Å²) >= 11 is 5.63. The Kier molecular flexibility index (Phi) is 6.62. The summed E-state index contributed by atoms with van der Waals surface area (Å²) in [7, 11) is 3.25. The Balaban J connectivity index is 1.74. The third kappa shape index (κ3) is 4.50. The molecule has 0 radical (unpaired) electrons. The zero-order valence-electron chi connectivity index (χ0n) is 16.7. The van der Waals surface area contributed by atoms with Crippen LogP contribution < -0.4 is 24.8 Å². The Hall–Kier alpha value is -2.47. The van der Waals surface area contributed by atoms with E-state index < -0.39 is 0 Å². The van der Waals surface area contributed by atoms with Gasteiger partial charge in [0.05, 0.1) is 26.4 Å². The lowest BCUT2D eigenvalue weighted by atomic mass is 9.88. The predicted molar refractivity (Wildman–Crippen MR) is 117 cm³/mol. The standard InChI is InChI=1S/C22H28N2O3S/c1-4-27-18-10-7-16(8-11-18)22(13-5-6-14-22)24-21(28)23-17-9-12-19(25-2)20(15-17)26-3/h7-12,15H,4-6,13-14H2,1-3H3,(H2,23,24,28). The number of hydrogen-bond donors (Lipinski definition) is 2. The molecule has 0 aromatic heterocycles. The second-order valence-corrected chi connectivity index (χ2v) is 7.30. The monoisotopic (exact) mass is 400 g/mol. The summed E-state index contributed by atoms with van der Waals surface area (Å²) in [5.41, 5.74) is 1.95. The average Bonchev–Trinajstić information content (AvgIpc) is 3.18. The quantitative estimate of drug-likeness (QED) is 0.648. The van der Waals surface area contributed by atoms with Gasteiger partial charge in [0, 0.05) is 11.8 Å². The summed E-state index contributed by atoms with van der Waals surface area (Å²) in [6.45, 7) is 2.66. The highest BCUT2D eigenvalue weighted by Crippen LogP contribution is 2.39. The highest BCUT2D eigenvalue weighted by Gasteiger charge is 2.36. The number of rotatable bonds is 7. The normalized spacial score (nSPS) is 15.0. The summed E-state index contributed by atoms with van der Waals surface area (Å²) in [5, 5.41) is 7.46. The lowest BCUT2D eigenvalue weighted by Gasteiger charge is -2.32. The van der Waals surface area contributed by atoms with Gasteiger partial charge in [-0.3, -0.25) is 0 Å². The van der Waals surface area contributed by atoms with Gasteiger partial charge in [-0.05, 0) is 61.8 Å². The third-order valence-electron chi connectivity index (χ3n) is 5.17. The van der Waals surface area contributed by atoms with Crippen molar-refractivity contribution in [1.29, 1.82) is 0 Å². The summed E-state index contributed by atoms with van der Waals surface area (Å²) in [6.07, 6.45) is 4.46. The Morgan fingerprint density at radius 1 is 1.00 bits per heavy atom. The van der Waals surface area contributed by atoms with E-state index in [4.69, 9.17) is 26.4 Å². The zero-order valence-corrected chi connectivity index (χ0v) is 17.5.